The summed E-state index contributed by atoms with van der Waals surface area (Å²) in [6.45, 7) is 7.94. The fourth-order valence-corrected chi connectivity index (χ4v) is 3.24. The van der Waals surface area contributed by atoms with Crippen LogP contribution in [-0.2, 0) is 0 Å². The van der Waals surface area contributed by atoms with Crippen LogP contribution in [0.25, 0.3) is 0 Å². The Labute approximate surface area is 192 Å². The molecule has 1 fully saturated rings. The van der Waals surface area contributed by atoms with E-state index in [9.17, 15) is 4.79 Å². The molecule has 1 amide bonds. The van der Waals surface area contributed by atoms with Crippen molar-refractivity contribution in [2.45, 2.75) is 26.2 Å². The molecule has 164 valence electrons. The van der Waals surface area contributed by atoms with E-state index in [0.717, 1.165) is 31.4 Å². The summed E-state index contributed by atoms with van der Waals surface area (Å²) in [7, 11) is 3.35. The number of amides is 1. The van der Waals surface area contributed by atoms with Gasteiger partial charge in [-0.2, -0.15) is 0 Å². The van der Waals surface area contributed by atoms with Gasteiger partial charge in [-0.3, -0.25) is 9.79 Å². The van der Waals surface area contributed by atoms with Crippen LogP contribution in [0.2, 0.25) is 0 Å². The van der Waals surface area contributed by atoms with Crippen LogP contribution in [0, 0.1) is 5.92 Å². The van der Waals surface area contributed by atoms with Crippen molar-refractivity contribution in [2.24, 2.45) is 10.9 Å². The molecule has 1 heterocycles. The van der Waals surface area contributed by atoms with Crippen LogP contribution in [0.1, 0.15) is 36.5 Å². The van der Waals surface area contributed by atoms with Crippen molar-refractivity contribution < 1.29 is 9.53 Å². The first-order chi connectivity index (χ1) is 13.6. The third-order valence-electron chi connectivity index (χ3n) is 5.08. The maximum absolute atomic E-state index is 12.2. The number of benzene rings is 1. The summed E-state index contributed by atoms with van der Waals surface area (Å²) in [5.74, 6) is 2.21. The quantitative estimate of drug-likeness (QED) is 0.203. The van der Waals surface area contributed by atoms with Gasteiger partial charge in [0.25, 0.3) is 5.91 Å². The van der Waals surface area contributed by atoms with Crippen molar-refractivity contribution in [1.82, 2.24) is 20.9 Å². The number of guanidine groups is 1. The van der Waals surface area contributed by atoms with Crippen molar-refractivity contribution in [3.05, 3.63) is 29.8 Å². The second kappa shape index (κ2) is 14.4. The lowest BCUT2D eigenvalue weighted by atomic mass is 9.99. The van der Waals surface area contributed by atoms with Gasteiger partial charge in [0.05, 0.1) is 7.11 Å². The van der Waals surface area contributed by atoms with Gasteiger partial charge >= 0.3 is 0 Å². The molecule has 0 bridgehead atoms. The monoisotopic (exact) mass is 517 g/mol. The first-order valence-corrected chi connectivity index (χ1v) is 10.2. The lowest BCUT2D eigenvalue weighted by Gasteiger charge is -2.30. The van der Waals surface area contributed by atoms with Crippen LogP contribution in [0.5, 0.6) is 5.75 Å². The maximum atomic E-state index is 12.2. The summed E-state index contributed by atoms with van der Waals surface area (Å²) in [6.07, 6.45) is 3.73. The largest absolute Gasteiger partial charge is 0.497 e. The molecule has 0 spiro atoms. The van der Waals surface area contributed by atoms with Crippen molar-refractivity contribution in [3.8, 4) is 5.75 Å². The van der Waals surface area contributed by atoms with Crippen molar-refractivity contribution in [3.63, 3.8) is 0 Å². The number of ether oxygens (including phenoxy) is 1. The zero-order valence-corrected chi connectivity index (χ0v) is 20.2. The van der Waals surface area contributed by atoms with E-state index in [0.29, 0.717) is 24.4 Å². The number of hydrogen-bond acceptors (Lipinski definition) is 4. The first kappa shape index (κ1) is 25.5. The molecule has 0 unspecified atom stereocenters. The minimum absolute atomic E-state index is 0. The molecule has 0 aromatic heterocycles. The standard InChI is InChI=1S/C21H35N5O2.HI/c1-17-8-14-26(15-9-17)13-5-10-24-21(22-2)25-12-11-23-20(27)18-6-4-7-19(16-18)28-3;/h4,6-7,16-17H,5,8-15H2,1-3H3,(H,23,27)(H2,22,24,25);1H. The van der Waals surface area contributed by atoms with Gasteiger partial charge in [-0.05, 0) is 63.0 Å². The highest BCUT2D eigenvalue weighted by molar-refractivity contribution is 14.0. The van der Waals surface area contributed by atoms with E-state index < -0.39 is 0 Å². The molecular weight excluding hydrogens is 481 g/mol. The van der Waals surface area contributed by atoms with Crippen molar-refractivity contribution >= 4 is 35.8 Å². The lowest BCUT2D eigenvalue weighted by molar-refractivity contribution is 0.0954. The average Bonchev–Trinajstić information content (AvgIpc) is 2.73. The molecular formula is C21H36IN5O2. The van der Waals surface area contributed by atoms with Crippen LogP contribution in [0.4, 0.5) is 0 Å². The highest BCUT2D eigenvalue weighted by atomic mass is 127. The molecule has 2 rings (SSSR count). The Balaban J connectivity index is 0.00000420. The fourth-order valence-electron chi connectivity index (χ4n) is 3.24. The zero-order valence-electron chi connectivity index (χ0n) is 17.9. The summed E-state index contributed by atoms with van der Waals surface area (Å²) in [5.41, 5.74) is 0.592. The Morgan fingerprint density at radius 1 is 1.17 bits per heavy atom. The van der Waals surface area contributed by atoms with E-state index in [1.807, 2.05) is 12.1 Å². The molecule has 1 aromatic rings. The lowest BCUT2D eigenvalue weighted by Crippen LogP contribution is -2.42. The number of aliphatic imine (C=N–C) groups is 1. The molecule has 1 saturated heterocycles. The van der Waals surface area contributed by atoms with Gasteiger partial charge < -0.3 is 25.6 Å². The Hall–Kier alpha value is -1.55. The molecule has 1 aromatic carbocycles. The highest BCUT2D eigenvalue weighted by Crippen LogP contribution is 2.15. The minimum Gasteiger partial charge on any atom is -0.497 e. The van der Waals surface area contributed by atoms with E-state index in [2.05, 4.69) is 32.8 Å². The first-order valence-electron chi connectivity index (χ1n) is 10.2. The molecule has 1 aliphatic rings. The van der Waals surface area contributed by atoms with E-state index >= 15 is 0 Å². The highest BCUT2D eigenvalue weighted by Gasteiger charge is 2.14. The smallest absolute Gasteiger partial charge is 0.251 e. The zero-order chi connectivity index (χ0) is 20.2. The van der Waals surface area contributed by atoms with E-state index in [1.165, 1.54) is 25.9 Å². The summed E-state index contributed by atoms with van der Waals surface area (Å²) < 4.78 is 5.15. The van der Waals surface area contributed by atoms with Gasteiger partial charge in [0.1, 0.15) is 5.75 Å². The number of nitrogens with zero attached hydrogens (tertiary/aromatic N) is 2. The molecule has 0 aliphatic carbocycles. The predicted octanol–water partition coefficient (Wildman–Crippen LogP) is 2.33. The van der Waals surface area contributed by atoms with Gasteiger partial charge in [0.15, 0.2) is 5.96 Å². The van der Waals surface area contributed by atoms with Crippen molar-refractivity contribution in [2.75, 3.05) is 53.4 Å². The van der Waals surface area contributed by atoms with Crippen LogP contribution >= 0.6 is 24.0 Å². The van der Waals surface area contributed by atoms with Gasteiger partial charge in [-0.25, -0.2) is 0 Å². The number of hydrogen-bond donors (Lipinski definition) is 3. The molecule has 0 atom stereocenters. The Kier molecular flexibility index (Phi) is 12.7. The SMILES string of the molecule is CN=C(NCCCN1CCC(C)CC1)NCCNC(=O)c1cccc(OC)c1.I. The van der Waals surface area contributed by atoms with Crippen molar-refractivity contribution in [1.29, 1.82) is 0 Å². The number of rotatable bonds is 9. The van der Waals surface area contributed by atoms with E-state index in [1.54, 1.807) is 26.3 Å². The molecule has 7 nitrogen and oxygen atoms in total. The molecule has 3 N–H and O–H groups in total. The van der Waals surface area contributed by atoms with E-state index in [-0.39, 0.29) is 29.9 Å². The summed E-state index contributed by atoms with van der Waals surface area (Å²) >= 11 is 0. The molecule has 0 saturated carbocycles. The normalized spacial score (nSPS) is 15.3. The third-order valence-corrected chi connectivity index (χ3v) is 5.08. The minimum atomic E-state index is -0.112. The Bertz CT molecular complexity index is 633. The number of nitrogens with one attached hydrogen (secondary N) is 3. The molecule has 0 radical (unpaired) electrons. The summed E-state index contributed by atoms with van der Waals surface area (Å²) in [4.78, 5) is 18.9. The van der Waals surface area contributed by atoms with Crippen LogP contribution in [0.15, 0.2) is 29.3 Å². The third kappa shape index (κ3) is 9.66. The average molecular weight is 517 g/mol. The summed E-state index contributed by atoms with van der Waals surface area (Å²) in [6, 6.07) is 7.13. The second-order valence-corrected chi connectivity index (χ2v) is 7.29. The number of carbonyl (C=O) groups excluding carboxylic acids is 1. The van der Waals surface area contributed by atoms with Gasteiger partial charge in [0.2, 0.25) is 0 Å². The number of methoxy groups -OCH3 is 1. The molecule has 29 heavy (non-hydrogen) atoms. The van der Waals surface area contributed by atoms with E-state index in [4.69, 9.17) is 4.74 Å². The fraction of sp³-hybridized carbons (Fsp3) is 0.619. The van der Waals surface area contributed by atoms with Crippen LogP contribution in [0.3, 0.4) is 0 Å². The topological polar surface area (TPSA) is 78.0 Å². The maximum Gasteiger partial charge on any atom is 0.251 e. The van der Waals surface area contributed by atoms with Crippen LogP contribution < -0.4 is 20.7 Å². The Morgan fingerprint density at radius 2 is 1.86 bits per heavy atom. The molecule has 8 heteroatoms. The van der Waals surface area contributed by atoms with Gasteiger partial charge in [-0.1, -0.05) is 13.0 Å². The van der Waals surface area contributed by atoms with Crippen LogP contribution in [-0.4, -0.2) is 70.2 Å². The van der Waals surface area contributed by atoms with Gasteiger partial charge in [0, 0.05) is 32.2 Å². The number of carbonyl (C=O) groups is 1. The predicted molar refractivity (Wildman–Crippen MR) is 130 cm³/mol. The summed E-state index contributed by atoms with van der Waals surface area (Å²) in [5, 5.41) is 9.46. The molecule has 1 aliphatic heterocycles. The number of likely N-dealkylation sites (tertiary alicyclic amines) is 1. The van der Waals surface area contributed by atoms with Gasteiger partial charge in [-0.15, -0.1) is 24.0 Å². The number of halogens is 1. The Morgan fingerprint density at radius 3 is 2.55 bits per heavy atom. The second-order valence-electron chi connectivity index (χ2n) is 7.29. The number of piperidine rings is 1.